The molecule has 0 aliphatic carbocycles. The van der Waals surface area contributed by atoms with Crippen LogP contribution in [0.3, 0.4) is 0 Å². The highest BCUT2D eigenvalue weighted by atomic mass is 16.6. The summed E-state index contributed by atoms with van der Waals surface area (Å²) < 4.78 is 16.5. The number of hydrogen-bond donors (Lipinski definition) is 0. The molecule has 312 valence electrons. The first-order chi connectivity index (χ1) is 26.3. The van der Waals surface area contributed by atoms with Crippen LogP contribution >= 0.6 is 0 Å². The Bertz CT molecular complexity index is 1000. The molecule has 0 saturated heterocycles. The van der Waals surface area contributed by atoms with Crippen molar-refractivity contribution in [2.24, 2.45) is 5.41 Å². The van der Waals surface area contributed by atoms with Gasteiger partial charge in [0.1, 0.15) is 13.2 Å². The highest BCUT2D eigenvalue weighted by Crippen LogP contribution is 2.26. The zero-order valence-corrected chi connectivity index (χ0v) is 35.6. The first-order valence-corrected chi connectivity index (χ1v) is 22.5. The number of carbonyl (C=O) groups is 3. The minimum Gasteiger partial charge on any atom is -0.462 e. The summed E-state index contributed by atoms with van der Waals surface area (Å²) in [6.45, 7) is 7.94. The van der Waals surface area contributed by atoms with Gasteiger partial charge in [-0.3, -0.25) is 14.4 Å². The fourth-order valence-electron chi connectivity index (χ4n) is 6.25. The van der Waals surface area contributed by atoms with Crippen LogP contribution in [0.5, 0.6) is 0 Å². The van der Waals surface area contributed by atoms with Gasteiger partial charge in [-0.2, -0.15) is 5.26 Å². The SMILES string of the molecule is CCCCCCCC/C=C\CCCCCCCC(=O)OCC(COC(=O)CCC(C)(C#N)CC)OC(=O)CCCCCCC/C=C\CCCCCCCC. The Morgan fingerprint density at radius 2 is 0.870 bits per heavy atom. The molecule has 7 nitrogen and oxygen atoms in total. The first-order valence-electron chi connectivity index (χ1n) is 22.5. The average Bonchev–Trinajstić information content (AvgIpc) is 3.17. The van der Waals surface area contributed by atoms with Gasteiger partial charge in [0, 0.05) is 19.3 Å². The second-order valence-electron chi connectivity index (χ2n) is 15.7. The van der Waals surface area contributed by atoms with Crippen LogP contribution in [-0.4, -0.2) is 37.2 Å². The zero-order valence-electron chi connectivity index (χ0n) is 35.6. The van der Waals surface area contributed by atoms with E-state index in [1.165, 1.54) is 103 Å². The van der Waals surface area contributed by atoms with Gasteiger partial charge in [0.2, 0.25) is 0 Å². The number of hydrogen-bond acceptors (Lipinski definition) is 7. The van der Waals surface area contributed by atoms with E-state index in [1.807, 2.05) is 13.8 Å². The quantitative estimate of drug-likeness (QED) is 0.0266. The van der Waals surface area contributed by atoms with Gasteiger partial charge in [-0.1, -0.05) is 148 Å². The van der Waals surface area contributed by atoms with Crippen molar-refractivity contribution in [2.45, 2.75) is 233 Å². The van der Waals surface area contributed by atoms with Gasteiger partial charge in [-0.25, -0.2) is 0 Å². The fourth-order valence-corrected chi connectivity index (χ4v) is 6.25. The molecule has 0 radical (unpaired) electrons. The van der Waals surface area contributed by atoms with Crippen LogP contribution in [0.4, 0.5) is 0 Å². The van der Waals surface area contributed by atoms with Crippen molar-refractivity contribution < 1.29 is 28.6 Å². The molecule has 2 atom stereocenters. The standard InChI is InChI=1S/C47H83NO6/c1-5-8-10-12-14-16-18-20-22-24-26-28-30-32-34-36-44(49)52-40-43(41-53-45(50)38-39-47(4,7-3)42-48)54-46(51)37-35-33-31-29-27-25-23-21-19-17-15-13-11-9-6-2/h20-23,43H,5-19,24-41H2,1-4H3/b22-20-,23-21-. The predicted octanol–water partition coefficient (Wildman–Crippen LogP) is 13.8. The second-order valence-corrected chi connectivity index (χ2v) is 15.7. The Kier molecular flexibility index (Phi) is 36.8. The molecule has 0 heterocycles. The van der Waals surface area contributed by atoms with Crippen molar-refractivity contribution in [1.29, 1.82) is 5.26 Å². The number of carbonyl (C=O) groups excluding carboxylic acids is 3. The third-order valence-corrected chi connectivity index (χ3v) is 10.4. The highest BCUT2D eigenvalue weighted by Gasteiger charge is 2.24. The van der Waals surface area contributed by atoms with Gasteiger partial charge in [-0.15, -0.1) is 0 Å². The van der Waals surface area contributed by atoms with Crippen molar-refractivity contribution in [2.75, 3.05) is 13.2 Å². The summed E-state index contributed by atoms with van der Waals surface area (Å²) in [7, 11) is 0. The van der Waals surface area contributed by atoms with Gasteiger partial charge in [0.05, 0.1) is 11.5 Å². The molecule has 0 fully saturated rings. The lowest BCUT2D eigenvalue weighted by molar-refractivity contribution is -0.167. The van der Waals surface area contributed by atoms with E-state index in [2.05, 4.69) is 44.2 Å². The van der Waals surface area contributed by atoms with Gasteiger partial charge in [-0.05, 0) is 84.0 Å². The Morgan fingerprint density at radius 3 is 1.26 bits per heavy atom. The van der Waals surface area contributed by atoms with Crippen molar-refractivity contribution in [3.63, 3.8) is 0 Å². The monoisotopic (exact) mass is 758 g/mol. The van der Waals surface area contributed by atoms with E-state index in [9.17, 15) is 19.6 Å². The fraction of sp³-hybridized carbons (Fsp3) is 0.830. The van der Waals surface area contributed by atoms with Crippen molar-refractivity contribution in [1.82, 2.24) is 0 Å². The summed E-state index contributed by atoms with van der Waals surface area (Å²) in [5.74, 6) is -1.15. The van der Waals surface area contributed by atoms with Crippen LogP contribution in [0, 0.1) is 16.7 Å². The summed E-state index contributed by atoms with van der Waals surface area (Å²) >= 11 is 0. The molecule has 7 heteroatoms. The molecule has 0 aromatic rings. The van der Waals surface area contributed by atoms with Gasteiger partial charge < -0.3 is 14.2 Å². The topological polar surface area (TPSA) is 103 Å². The Labute approximate surface area is 332 Å². The number of allylic oxidation sites excluding steroid dienone is 4. The smallest absolute Gasteiger partial charge is 0.306 e. The molecule has 0 aromatic carbocycles. The predicted molar refractivity (Wildman–Crippen MR) is 224 cm³/mol. The molecule has 0 aromatic heterocycles. The second kappa shape index (κ2) is 38.6. The Hall–Kier alpha value is -2.62. The lowest BCUT2D eigenvalue weighted by Crippen LogP contribution is -2.31. The minimum atomic E-state index is -0.851. The summed E-state index contributed by atoms with van der Waals surface area (Å²) in [5.41, 5.74) is -0.589. The van der Waals surface area contributed by atoms with Crippen LogP contribution in [0.25, 0.3) is 0 Å². The molecular weight excluding hydrogens is 675 g/mol. The molecule has 0 N–H and O–H groups in total. The molecular formula is C47H83NO6. The Balaban J connectivity index is 4.36. The molecule has 0 spiro atoms. The molecule has 54 heavy (non-hydrogen) atoms. The summed E-state index contributed by atoms with van der Waals surface area (Å²) in [6.07, 6.45) is 41.0. The summed E-state index contributed by atoms with van der Waals surface area (Å²) in [4.78, 5) is 37.6. The number of unbranched alkanes of at least 4 members (excludes halogenated alkanes) is 22. The molecule has 0 rings (SSSR count). The summed E-state index contributed by atoms with van der Waals surface area (Å²) in [6, 6.07) is 2.27. The lowest BCUT2D eigenvalue weighted by Gasteiger charge is -2.20. The third kappa shape index (κ3) is 35.1. The van der Waals surface area contributed by atoms with Crippen LogP contribution in [0.2, 0.25) is 0 Å². The molecule has 0 amide bonds. The van der Waals surface area contributed by atoms with Crippen molar-refractivity contribution in [3.05, 3.63) is 24.3 Å². The van der Waals surface area contributed by atoms with E-state index < -0.39 is 17.5 Å². The van der Waals surface area contributed by atoms with Crippen LogP contribution in [-0.2, 0) is 28.6 Å². The van der Waals surface area contributed by atoms with Crippen LogP contribution < -0.4 is 0 Å². The van der Waals surface area contributed by atoms with E-state index in [0.717, 1.165) is 64.2 Å². The van der Waals surface area contributed by atoms with Crippen molar-refractivity contribution >= 4 is 17.9 Å². The van der Waals surface area contributed by atoms with Crippen molar-refractivity contribution in [3.8, 4) is 6.07 Å². The zero-order chi connectivity index (χ0) is 39.8. The molecule has 0 bridgehead atoms. The van der Waals surface area contributed by atoms with E-state index in [4.69, 9.17) is 14.2 Å². The van der Waals surface area contributed by atoms with E-state index in [1.54, 1.807) is 0 Å². The molecule has 0 saturated carbocycles. The third-order valence-electron chi connectivity index (χ3n) is 10.4. The highest BCUT2D eigenvalue weighted by molar-refractivity contribution is 5.71. The van der Waals surface area contributed by atoms with Crippen LogP contribution in [0.15, 0.2) is 24.3 Å². The van der Waals surface area contributed by atoms with E-state index in [0.29, 0.717) is 19.3 Å². The number of nitrogens with zero attached hydrogens (tertiary/aromatic N) is 1. The number of nitriles is 1. The lowest BCUT2D eigenvalue weighted by atomic mass is 9.84. The molecule has 2 unspecified atom stereocenters. The average molecular weight is 758 g/mol. The van der Waals surface area contributed by atoms with Gasteiger partial charge in [0.15, 0.2) is 6.10 Å². The van der Waals surface area contributed by atoms with Crippen LogP contribution in [0.1, 0.15) is 227 Å². The summed E-state index contributed by atoms with van der Waals surface area (Å²) in [5, 5.41) is 9.41. The van der Waals surface area contributed by atoms with E-state index >= 15 is 0 Å². The number of esters is 3. The minimum absolute atomic E-state index is 0.1000. The van der Waals surface area contributed by atoms with Gasteiger partial charge in [0.25, 0.3) is 0 Å². The van der Waals surface area contributed by atoms with E-state index in [-0.39, 0.29) is 38.0 Å². The molecule has 0 aliphatic heterocycles. The Morgan fingerprint density at radius 1 is 0.519 bits per heavy atom. The molecule has 0 aliphatic rings. The first kappa shape index (κ1) is 51.4. The van der Waals surface area contributed by atoms with Gasteiger partial charge >= 0.3 is 17.9 Å². The number of ether oxygens (including phenoxy) is 3. The largest absolute Gasteiger partial charge is 0.462 e. The maximum atomic E-state index is 12.7. The maximum absolute atomic E-state index is 12.7. The number of rotatable bonds is 39. The maximum Gasteiger partial charge on any atom is 0.306 e. The normalized spacial score (nSPS) is 13.2.